The lowest BCUT2D eigenvalue weighted by molar-refractivity contribution is -0.192. The number of hydrogen-bond donors (Lipinski definition) is 3. The highest BCUT2D eigenvalue weighted by Gasteiger charge is 2.38. The van der Waals surface area contributed by atoms with E-state index in [0.717, 1.165) is 38.4 Å². The number of nitrogens with zero attached hydrogens (tertiary/aromatic N) is 2. The molecule has 1 aliphatic heterocycles. The second-order valence-electron chi connectivity index (χ2n) is 5.10. The van der Waals surface area contributed by atoms with Gasteiger partial charge in [-0.3, -0.25) is 10.00 Å². The topological polar surface area (TPSA) is 81.2 Å². The molecule has 3 heterocycles. The third-order valence-corrected chi connectivity index (χ3v) is 4.22. The summed E-state index contributed by atoms with van der Waals surface area (Å²) in [4.78, 5) is 12.8. The Hall–Kier alpha value is -1.91. The van der Waals surface area contributed by atoms with Gasteiger partial charge >= 0.3 is 12.1 Å². The van der Waals surface area contributed by atoms with Crippen molar-refractivity contribution in [3.63, 3.8) is 0 Å². The van der Waals surface area contributed by atoms with Crippen LogP contribution in [0.3, 0.4) is 0 Å². The number of aromatic nitrogens is 2. The summed E-state index contributed by atoms with van der Waals surface area (Å²) >= 11 is 1.83. The summed E-state index contributed by atoms with van der Waals surface area (Å²) in [5.41, 5.74) is 2.35. The van der Waals surface area contributed by atoms with E-state index in [1.54, 1.807) is 6.20 Å². The number of carboxylic acid groups (broad SMARTS) is 1. The summed E-state index contributed by atoms with van der Waals surface area (Å²) in [6.45, 7) is 5.59. The van der Waals surface area contributed by atoms with Crippen LogP contribution in [0.4, 0.5) is 13.2 Å². The van der Waals surface area contributed by atoms with Gasteiger partial charge in [0.2, 0.25) is 0 Å². The van der Waals surface area contributed by atoms with Gasteiger partial charge in [0.05, 0.1) is 5.69 Å². The lowest BCUT2D eigenvalue weighted by atomic mass is 10.2. The van der Waals surface area contributed by atoms with Crippen LogP contribution in [-0.2, 0) is 11.3 Å². The van der Waals surface area contributed by atoms with Gasteiger partial charge in [0.15, 0.2) is 0 Å². The maximum atomic E-state index is 10.6. The van der Waals surface area contributed by atoms with Gasteiger partial charge in [0.25, 0.3) is 0 Å². The number of alkyl halides is 3. The second kappa shape index (κ2) is 8.27. The van der Waals surface area contributed by atoms with Gasteiger partial charge in [-0.05, 0) is 12.1 Å². The Morgan fingerprint density at radius 2 is 2.04 bits per heavy atom. The van der Waals surface area contributed by atoms with Crippen LogP contribution in [0, 0.1) is 0 Å². The van der Waals surface area contributed by atoms with Crippen molar-refractivity contribution >= 4 is 17.3 Å². The van der Waals surface area contributed by atoms with Crippen LogP contribution in [-0.4, -0.2) is 58.5 Å². The van der Waals surface area contributed by atoms with Crippen molar-refractivity contribution in [3.8, 4) is 11.3 Å². The molecule has 0 aromatic carbocycles. The molecule has 3 rings (SSSR count). The van der Waals surface area contributed by atoms with Crippen LogP contribution in [0.5, 0.6) is 0 Å². The Bertz CT molecular complexity index is 637. The minimum absolute atomic E-state index is 1.07. The molecule has 1 saturated heterocycles. The fourth-order valence-electron chi connectivity index (χ4n) is 2.11. The van der Waals surface area contributed by atoms with Gasteiger partial charge in [-0.25, -0.2) is 4.79 Å². The molecular formula is C14H17F3N4O2S. The molecule has 1 fully saturated rings. The molecule has 6 nitrogen and oxygen atoms in total. The van der Waals surface area contributed by atoms with Gasteiger partial charge in [0.1, 0.15) is 0 Å². The number of thiophene rings is 1. The number of aliphatic carboxylic acids is 1. The fraction of sp³-hybridized carbons (Fsp3) is 0.429. The van der Waals surface area contributed by atoms with Crippen molar-refractivity contribution in [2.45, 2.75) is 12.7 Å². The minimum atomic E-state index is -5.08. The first-order valence-corrected chi connectivity index (χ1v) is 8.04. The Kier molecular flexibility index (Phi) is 6.35. The zero-order chi connectivity index (χ0) is 17.6. The van der Waals surface area contributed by atoms with E-state index in [1.807, 2.05) is 17.4 Å². The third kappa shape index (κ3) is 5.62. The Morgan fingerprint density at radius 1 is 1.38 bits per heavy atom. The van der Waals surface area contributed by atoms with Crippen molar-refractivity contribution in [1.29, 1.82) is 0 Å². The Morgan fingerprint density at radius 3 is 2.58 bits per heavy atom. The van der Waals surface area contributed by atoms with Crippen molar-refractivity contribution in [3.05, 3.63) is 28.6 Å². The van der Waals surface area contributed by atoms with Crippen LogP contribution in [0.25, 0.3) is 11.3 Å². The molecule has 0 spiro atoms. The van der Waals surface area contributed by atoms with Crippen LogP contribution < -0.4 is 5.32 Å². The average molecular weight is 362 g/mol. The van der Waals surface area contributed by atoms with Gasteiger partial charge in [0, 0.05) is 54.7 Å². The summed E-state index contributed by atoms with van der Waals surface area (Å²) < 4.78 is 31.7. The van der Waals surface area contributed by atoms with E-state index in [-0.39, 0.29) is 0 Å². The predicted octanol–water partition coefficient (Wildman–Crippen LogP) is 2.18. The molecule has 0 saturated carbocycles. The van der Waals surface area contributed by atoms with Gasteiger partial charge in [-0.1, -0.05) is 0 Å². The first-order valence-electron chi connectivity index (χ1n) is 7.16. The number of H-pyrrole nitrogens is 1. The summed E-state index contributed by atoms with van der Waals surface area (Å²) in [5, 5.41) is 19.7. The van der Waals surface area contributed by atoms with Crippen molar-refractivity contribution in [2.24, 2.45) is 0 Å². The van der Waals surface area contributed by atoms with E-state index in [9.17, 15) is 13.2 Å². The molecule has 0 radical (unpaired) electrons. The fourth-order valence-corrected chi connectivity index (χ4v) is 3.04. The predicted molar refractivity (Wildman–Crippen MR) is 83.7 cm³/mol. The minimum Gasteiger partial charge on any atom is -0.475 e. The van der Waals surface area contributed by atoms with E-state index in [1.165, 1.54) is 10.4 Å². The summed E-state index contributed by atoms with van der Waals surface area (Å²) in [6.07, 6.45) is -3.29. The number of carboxylic acids is 1. The SMILES string of the molecule is O=C(O)C(F)(F)F.c1cc(-c2csc(CN3CCNCC3)c2)[nH]n1. The van der Waals surface area contributed by atoms with Crippen molar-refractivity contribution in [1.82, 2.24) is 20.4 Å². The number of carbonyl (C=O) groups is 1. The highest BCUT2D eigenvalue weighted by molar-refractivity contribution is 7.10. The quantitative estimate of drug-likeness (QED) is 0.780. The number of aromatic amines is 1. The van der Waals surface area contributed by atoms with Crippen molar-refractivity contribution in [2.75, 3.05) is 26.2 Å². The van der Waals surface area contributed by atoms with Gasteiger partial charge < -0.3 is 10.4 Å². The largest absolute Gasteiger partial charge is 0.490 e. The lowest BCUT2D eigenvalue weighted by Gasteiger charge is -2.26. The van der Waals surface area contributed by atoms with E-state index < -0.39 is 12.1 Å². The number of piperazine rings is 1. The van der Waals surface area contributed by atoms with E-state index in [4.69, 9.17) is 9.90 Å². The maximum Gasteiger partial charge on any atom is 0.490 e. The molecule has 3 N–H and O–H groups in total. The summed E-state index contributed by atoms with van der Waals surface area (Å²) in [5.74, 6) is -2.76. The van der Waals surface area contributed by atoms with E-state index >= 15 is 0 Å². The maximum absolute atomic E-state index is 10.6. The molecule has 24 heavy (non-hydrogen) atoms. The standard InChI is InChI=1S/C12H16N4S.C2HF3O2/c1-2-14-15-12(1)10-7-11(17-9-10)8-16-5-3-13-4-6-16;3-2(4,5)1(6)7/h1-2,7,9,13H,3-6,8H2,(H,14,15);(H,6,7). The summed E-state index contributed by atoms with van der Waals surface area (Å²) in [6, 6.07) is 4.27. The molecule has 10 heteroatoms. The molecule has 0 unspecified atom stereocenters. The molecule has 1 aliphatic rings. The van der Waals surface area contributed by atoms with Crippen LogP contribution in [0.15, 0.2) is 23.7 Å². The number of hydrogen-bond acceptors (Lipinski definition) is 5. The molecule has 0 atom stereocenters. The van der Waals surface area contributed by atoms with Crippen molar-refractivity contribution < 1.29 is 23.1 Å². The van der Waals surface area contributed by atoms with Crippen LogP contribution >= 0.6 is 11.3 Å². The first kappa shape index (κ1) is 18.4. The number of rotatable bonds is 3. The molecule has 0 aliphatic carbocycles. The zero-order valence-corrected chi connectivity index (χ0v) is 13.5. The van der Waals surface area contributed by atoms with E-state index in [2.05, 4.69) is 31.9 Å². The Labute approximate surface area is 140 Å². The molecule has 132 valence electrons. The molecule has 2 aromatic rings. The van der Waals surface area contributed by atoms with E-state index in [0.29, 0.717) is 0 Å². The Balaban J connectivity index is 0.000000256. The summed E-state index contributed by atoms with van der Waals surface area (Å²) in [7, 11) is 0. The smallest absolute Gasteiger partial charge is 0.475 e. The van der Waals surface area contributed by atoms with Crippen LogP contribution in [0.2, 0.25) is 0 Å². The molecule has 0 bridgehead atoms. The third-order valence-electron chi connectivity index (χ3n) is 3.30. The first-order chi connectivity index (χ1) is 11.4. The molecular weight excluding hydrogens is 345 g/mol. The lowest BCUT2D eigenvalue weighted by Crippen LogP contribution is -2.42. The number of nitrogens with one attached hydrogen (secondary N) is 2. The normalized spacial score (nSPS) is 15.6. The molecule has 2 aromatic heterocycles. The monoisotopic (exact) mass is 362 g/mol. The highest BCUT2D eigenvalue weighted by atomic mass is 32.1. The highest BCUT2D eigenvalue weighted by Crippen LogP contribution is 2.24. The number of halogens is 3. The average Bonchev–Trinajstić information content (AvgIpc) is 3.18. The second-order valence-corrected chi connectivity index (χ2v) is 6.10. The van der Waals surface area contributed by atoms with Crippen LogP contribution in [0.1, 0.15) is 4.88 Å². The van der Waals surface area contributed by atoms with Gasteiger partial charge in [-0.15, -0.1) is 11.3 Å². The molecule has 0 amide bonds. The van der Waals surface area contributed by atoms with Gasteiger partial charge in [-0.2, -0.15) is 18.3 Å². The zero-order valence-electron chi connectivity index (χ0n) is 12.6.